The molecular formula is C23H24FN3O3. The molecular weight excluding hydrogens is 385 g/mol. The largest absolute Gasteiger partial charge is 0.452 e. The molecule has 3 rings (SSSR count). The van der Waals surface area contributed by atoms with Gasteiger partial charge in [0, 0.05) is 17.8 Å². The first-order chi connectivity index (χ1) is 14.3. The number of carbonyl (C=O) groups excluding carboxylic acids is 2. The Morgan fingerprint density at radius 3 is 2.37 bits per heavy atom. The van der Waals surface area contributed by atoms with Crippen molar-refractivity contribution < 1.29 is 18.7 Å². The fourth-order valence-electron chi connectivity index (χ4n) is 2.73. The van der Waals surface area contributed by atoms with Gasteiger partial charge in [0.25, 0.3) is 5.91 Å². The fraction of sp³-hybridized carbons (Fsp3) is 0.261. The zero-order valence-corrected chi connectivity index (χ0v) is 17.1. The van der Waals surface area contributed by atoms with Crippen molar-refractivity contribution in [2.45, 2.75) is 26.8 Å². The monoisotopic (exact) mass is 409 g/mol. The summed E-state index contributed by atoms with van der Waals surface area (Å²) in [6.45, 7) is 5.48. The Labute approximate surface area is 174 Å². The van der Waals surface area contributed by atoms with E-state index in [1.165, 1.54) is 12.1 Å². The third kappa shape index (κ3) is 5.11. The molecule has 0 aliphatic heterocycles. The number of para-hydroxylation sites is 1. The molecule has 1 atom stereocenters. The number of halogens is 1. The predicted molar refractivity (Wildman–Crippen MR) is 112 cm³/mol. The third-order valence-electron chi connectivity index (χ3n) is 4.80. The van der Waals surface area contributed by atoms with E-state index in [0.717, 1.165) is 5.69 Å². The number of rotatable bonds is 7. The Balaban J connectivity index is 1.85. The molecule has 30 heavy (non-hydrogen) atoms. The van der Waals surface area contributed by atoms with Crippen LogP contribution in [-0.2, 0) is 9.53 Å². The van der Waals surface area contributed by atoms with E-state index in [1.54, 1.807) is 23.0 Å². The molecule has 6 nitrogen and oxygen atoms in total. The summed E-state index contributed by atoms with van der Waals surface area (Å²) in [7, 11) is 0. The third-order valence-corrected chi connectivity index (χ3v) is 4.80. The van der Waals surface area contributed by atoms with E-state index >= 15 is 0 Å². The van der Waals surface area contributed by atoms with Crippen LogP contribution in [0.3, 0.4) is 0 Å². The molecule has 7 heteroatoms. The van der Waals surface area contributed by atoms with Gasteiger partial charge >= 0.3 is 5.97 Å². The molecule has 2 aromatic carbocycles. The SMILES string of the molecule is CC(C)[C@H](C)NC(=O)COC(=O)c1cn(-c2ccccc2)nc1-c1ccc(F)cc1. The van der Waals surface area contributed by atoms with Gasteiger partial charge in [-0.1, -0.05) is 32.0 Å². The normalized spacial score (nSPS) is 11.9. The Bertz CT molecular complexity index is 1010. The summed E-state index contributed by atoms with van der Waals surface area (Å²) in [5.41, 5.74) is 1.86. The summed E-state index contributed by atoms with van der Waals surface area (Å²) >= 11 is 0. The molecule has 0 bridgehead atoms. The maximum absolute atomic E-state index is 13.3. The van der Waals surface area contributed by atoms with Crippen LogP contribution in [0.25, 0.3) is 16.9 Å². The summed E-state index contributed by atoms with van der Waals surface area (Å²) in [5, 5.41) is 7.28. The first kappa shape index (κ1) is 21.2. The number of esters is 1. The van der Waals surface area contributed by atoms with Crippen LogP contribution < -0.4 is 5.32 Å². The Morgan fingerprint density at radius 1 is 1.07 bits per heavy atom. The topological polar surface area (TPSA) is 73.2 Å². The maximum Gasteiger partial charge on any atom is 0.342 e. The van der Waals surface area contributed by atoms with Crippen LogP contribution in [0.5, 0.6) is 0 Å². The van der Waals surface area contributed by atoms with E-state index in [1.807, 2.05) is 51.1 Å². The van der Waals surface area contributed by atoms with Gasteiger partial charge in [-0.25, -0.2) is 13.9 Å². The molecule has 1 aromatic heterocycles. The second-order valence-electron chi connectivity index (χ2n) is 7.35. The van der Waals surface area contributed by atoms with E-state index in [-0.39, 0.29) is 29.2 Å². The number of nitrogens with one attached hydrogen (secondary N) is 1. The zero-order valence-electron chi connectivity index (χ0n) is 17.1. The molecule has 0 fully saturated rings. The predicted octanol–water partition coefficient (Wildman–Crippen LogP) is 4.00. The molecule has 0 unspecified atom stereocenters. The lowest BCUT2D eigenvalue weighted by molar-refractivity contribution is -0.125. The van der Waals surface area contributed by atoms with Crippen molar-refractivity contribution in [3.8, 4) is 16.9 Å². The lowest BCUT2D eigenvalue weighted by atomic mass is 10.1. The maximum atomic E-state index is 13.3. The van der Waals surface area contributed by atoms with Crippen LogP contribution in [0.4, 0.5) is 4.39 Å². The number of benzene rings is 2. The minimum atomic E-state index is -0.677. The summed E-state index contributed by atoms with van der Waals surface area (Å²) in [6.07, 6.45) is 1.55. The molecule has 0 aliphatic carbocycles. The van der Waals surface area contributed by atoms with Gasteiger partial charge in [0.05, 0.1) is 5.69 Å². The molecule has 1 amide bonds. The van der Waals surface area contributed by atoms with E-state index in [9.17, 15) is 14.0 Å². The highest BCUT2D eigenvalue weighted by atomic mass is 19.1. The molecule has 1 heterocycles. The summed E-state index contributed by atoms with van der Waals surface area (Å²) in [5.74, 6) is -1.17. The molecule has 0 radical (unpaired) electrons. The molecule has 0 aliphatic rings. The summed E-state index contributed by atoms with van der Waals surface area (Å²) in [6, 6.07) is 14.9. The Kier molecular flexibility index (Phi) is 6.61. The average Bonchev–Trinajstić information content (AvgIpc) is 3.18. The second-order valence-corrected chi connectivity index (χ2v) is 7.35. The number of hydrogen-bond donors (Lipinski definition) is 1. The lowest BCUT2D eigenvalue weighted by Crippen LogP contribution is -2.38. The Morgan fingerprint density at radius 2 is 1.73 bits per heavy atom. The van der Waals surface area contributed by atoms with Crippen LogP contribution in [-0.4, -0.2) is 34.3 Å². The standard InChI is InChI=1S/C23H24FN3O3/c1-15(2)16(3)25-21(28)14-30-23(29)20-13-27(19-7-5-4-6-8-19)26-22(20)17-9-11-18(24)12-10-17/h4-13,15-16H,14H2,1-3H3,(H,25,28)/t16-/m0/s1. The first-order valence-corrected chi connectivity index (χ1v) is 9.72. The van der Waals surface area contributed by atoms with Gasteiger partial charge in [-0.05, 0) is 49.2 Å². The van der Waals surface area contributed by atoms with Crippen molar-refractivity contribution in [3.05, 3.63) is 72.2 Å². The van der Waals surface area contributed by atoms with Crippen LogP contribution in [0.15, 0.2) is 60.8 Å². The molecule has 156 valence electrons. The van der Waals surface area contributed by atoms with Gasteiger partial charge in [-0.2, -0.15) is 5.10 Å². The van der Waals surface area contributed by atoms with Crippen LogP contribution in [0.2, 0.25) is 0 Å². The van der Waals surface area contributed by atoms with Crippen molar-refractivity contribution >= 4 is 11.9 Å². The molecule has 0 saturated carbocycles. The van der Waals surface area contributed by atoms with Crippen LogP contribution >= 0.6 is 0 Å². The number of aromatic nitrogens is 2. The van der Waals surface area contributed by atoms with Crippen molar-refractivity contribution in [1.29, 1.82) is 0 Å². The van der Waals surface area contributed by atoms with E-state index < -0.39 is 12.6 Å². The van der Waals surface area contributed by atoms with Gasteiger partial charge < -0.3 is 10.1 Å². The highest BCUT2D eigenvalue weighted by Crippen LogP contribution is 2.25. The van der Waals surface area contributed by atoms with Gasteiger partial charge in [0.2, 0.25) is 0 Å². The van der Waals surface area contributed by atoms with E-state index in [2.05, 4.69) is 10.4 Å². The minimum Gasteiger partial charge on any atom is -0.452 e. The lowest BCUT2D eigenvalue weighted by Gasteiger charge is -2.17. The number of hydrogen-bond acceptors (Lipinski definition) is 4. The number of amides is 1. The van der Waals surface area contributed by atoms with Gasteiger partial charge in [-0.3, -0.25) is 4.79 Å². The highest BCUT2D eigenvalue weighted by Gasteiger charge is 2.21. The molecule has 3 aromatic rings. The summed E-state index contributed by atoms with van der Waals surface area (Å²) in [4.78, 5) is 24.8. The number of nitrogens with zero attached hydrogens (tertiary/aromatic N) is 2. The molecule has 1 N–H and O–H groups in total. The van der Waals surface area contributed by atoms with Crippen LogP contribution in [0, 0.1) is 11.7 Å². The van der Waals surface area contributed by atoms with E-state index in [4.69, 9.17) is 4.74 Å². The highest BCUT2D eigenvalue weighted by molar-refractivity contribution is 5.97. The smallest absolute Gasteiger partial charge is 0.342 e. The molecule has 0 spiro atoms. The zero-order chi connectivity index (χ0) is 21.7. The second kappa shape index (κ2) is 9.35. The quantitative estimate of drug-likeness (QED) is 0.599. The Hall–Kier alpha value is -3.48. The van der Waals surface area contributed by atoms with Crippen molar-refractivity contribution in [2.24, 2.45) is 5.92 Å². The van der Waals surface area contributed by atoms with E-state index in [0.29, 0.717) is 11.3 Å². The fourth-order valence-corrected chi connectivity index (χ4v) is 2.73. The minimum absolute atomic E-state index is 0.0354. The van der Waals surface area contributed by atoms with Crippen molar-refractivity contribution in [3.63, 3.8) is 0 Å². The average molecular weight is 409 g/mol. The number of carbonyl (C=O) groups is 2. The summed E-state index contributed by atoms with van der Waals surface area (Å²) < 4.78 is 20.1. The van der Waals surface area contributed by atoms with Gasteiger partial charge in [0.1, 0.15) is 17.1 Å². The first-order valence-electron chi connectivity index (χ1n) is 9.72. The van der Waals surface area contributed by atoms with Gasteiger partial charge in [0.15, 0.2) is 6.61 Å². The van der Waals surface area contributed by atoms with Gasteiger partial charge in [-0.15, -0.1) is 0 Å². The van der Waals surface area contributed by atoms with Crippen molar-refractivity contribution in [1.82, 2.24) is 15.1 Å². The van der Waals surface area contributed by atoms with Crippen molar-refractivity contribution in [2.75, 3.05) is 6.61 Å². The van der Waals surface area contributed by atoms with Crippen LogP contribution in [0.1, 0.15) is 31.1 Å². The number of ether oxygens (including phenoxy) is 1. The molecule has 0 saturated heterocycles.